The van der Waals surface area contributed by atoms with Crippen molar-refractivity contribution in [1.29, 1.82) is 0 Å². The summed E-state index contributed by atoms with van der Waals surface area (Å²) in [4.78, 5) is 41.9. The van der Waals surface area contributed by atoms with Gasteiger partial charge in [-0.25, -0.2) is 0 Å². The van der Waals surface area contributed by atoms with E-state index in [1.165, 1.54) is 4.90 Å². The Kier molecular flexibility index (Phi) is 6.64. The predicted octanol–water partition coefficient (Wildman–Crippen LogP) is 1.88. The maximum atomic E-state index is 13.6. The number of fused-ring (bicyclic) bond motifs is 1. The van der Waals surface area contributed by atoms with Gasteiger partial charge >= 0.3 is 0 Å². The lowest BCUT2D eigenvalue weighted by molar-refractivity contribution is -0.139. The fourth-order valence-electron chi connectivity index (χ4n) is 5.86. The molecule has 3 amide bonds. The highest BCUT2D eigenvalue weighted by molar-refractivity contribution is 8.02. The number of β-amino-alcohol motifs (C(OH)–C–C–N with tert-alkyl or cyclic N) is 1. The van der Waals surface area contributed by atoms with E-state index >= 15 is 0 Å². The third-order valence-electron chi connectivity index (χ3n) is 7.00. The molecule has 33 heavy (non-hydrogen) atoms. The Morgan fingerprint density at radius 3 is 2.58 bits per heavy atom. The van der Waals surface area contributed by atoms with Gasteiger partial charge in [0.25, 0.3) is 0 Å². The molecule has 3 saturated heterocycles. The number of hydrogen-bond acceptors (Lipinski definition) is 6. The molecule has 0 radical (unpaired) electrons. The van der Waals surface area contributed by atoms with Crippen LogP contribution in [0.25, 0.3) is 0 Å². The van der Waals surface area contributed by atoms with Crippen LogP contribution in [0.1, 0.15) is 34.1 Å². The predicted molar refractivity (Wildman–Crippen MR) is 127 cm³/mol. The summed E-state index contributed by atoms with van der Waals surface area (Å²) < 4.78 is 4.79. The number of aliphatic hydroxyl groups is 1. The van der Waals surface area contributed by atoms with E-state index in [4.69, 9.17) is 4.74 Å². The normalized spacial score (nSPS) is 32.2. The van der Waals surface area contributed by atoms with Crippen molar-refractivity contribution in [3.63, 3.8) is 0 Å². The van der Waals surface area contributed by atoms with Crippen molar-refractivity contribution in [1.82, 2.24) is 10.2 Å². The fourth-order valence-corrected chi connectivity index (χ4v) is 8.28. The number of likely N-dealkylation sites (tertiary alicyclic amines) is 1. The summed E-state index contributed by atoms with van der Waals surface area (Å²) in [5, 5.41) is 15.5. The summed E-state index contributed by atoms with van der Waals surface area (Å²) in [5.74, 6) is -0.899. The number of aliphatic hydroxyl groups excluding tert-OH is 1. The number of nitrogens with zero attached hydrogens (tertiary/aromatic N) is 1. The molecule has 3 N–H and O–H groups in total. The van der Waals surface area contributed by atoms with Crippen molar-refractivity contribution < 1.29 is 24.2 Å². The zero-order valence-electron chi connectivity index (χ0n) is 19.5. The van der Waals surface area contributed by atoms with Crippen LogP contribution >= 0.6 is 11.8 Å². The zero-order chi connectivity index (χ0) is 23.9. The van der Waals surface area contributed by atoms with Crippen molar-refractivity contribution in [3.8, 4) is 5.75 Å². The number of carbonyl (C=O) groups is 3. The van der Waals surface area contributed by atoms with Crippen LogP contribution in [0, 0.1) is 17.8 Å². The first-order valence-electron chi connectivity index (χ1n) is 11.7. The molecule has 4 rings (SSSR count). The van der Waals surface area contributed by atoms with Crippen LogP contribution in [-0.2, 0) is 14.4 Å². The quantitative estimate of drug-likeness (QED) is 0.530. The van der Waals surface area contributed by atoms with Crippen LogP contribution in [0.15, 0.2) is 24.3 Å². The zero-order valence-corrected chi connectivity index (χ0v) is 20.4. The number of carbonyl (C=O) groups excluding carboxylic acids is 3. The molecule has 0 aliphatic carbocycles. The SMILES string of the molecule is CCOc1ccc(NC(=O)[C@@H]2[C@@H]3CC(C)C4(S3)C(C(=O)NC(C)C)N(CCO)C(=O)[C@H]24)cc1. The molecule has 3 aliphatic rings. The number of nitrogens with one attached hydrogen (secondary N) is 2. The molecule has 6 atom stereocenters. The number of amides is 3. The van der Waals surface area contributed by atoms with Crippen LogP contribution in [0.2, 0.25) is 0 Å². The molecule has 3 unspecified atom stereocenters. The number of hydrogen-bond donors (Lipinski definition) is 3. The first-order valence-corrected chi connectivity index (χ1v) is 12.6. The Bertz CT molecular complexity index is 923. The van der Waals surface area contributed by atoms with Gasteiger partial charge in [-0.15, -0.1) is 11.8 Å². The molecule has 1 spiro atoms. The highest BCUT2D eigenvalue weighted by Crippen LogP contribution is 2.68. The van der Waals surface area contributed by atoms with Crippen LogP contribution in [0.5, 0.6) is 5.75 Å². The fraction of sp³-hybridized carbons (Fsp3) is 0.625. The smallest absolute Gasteiger partial charge is 0.244 e. The van der Waals surface area contributed by atoms with E-state index in [1.54, 1.807) is 36.0 Å². The highest BCUT2D eigenvalue weighted by Gasteiger charge is 2.75. The molecule has 9 heteroatoms. The highest BCUT2D eigenvalue weighted by atomic mass is 32.2. The Morgan fingerprint density at radius 2 is 1.97 bits per heavy atom. The number of benzene rings is 1. The van der Waals surface area contributed by atoms with Gasteiger partial charge in [-0.1, -0.05) is 6.92 Å². The second-order valence-electron chi connectivity index (χ2n) is 9.42. The van der Waals surface area contributed by atoms with Gasteiger partial charge in [0.2, 0.25) is 17.7 Å². The van der Waals surface area contributed by atoms with E-state index in [2.05, 4.69) is 17.6 Å². The topological polar surface area (TPSA) is 108 Å². The molecule has 3 fully saturated rings. The lowest BCUT2D eigenvalue weighted by Crippen LogP contribution is -2.57. The average Bonchev–Trinajstić information content (AvgIpc) is 3.34. The molecule has 1 aromatic rings. The second-order valence-corrected chi connectivity index (χ2v) is 11.0. The summed E-state index contributed by atoms with van der Waals surface area (Å²) in [6, 6.07) is 6.40. The minimum Gasteiger partial charge on any atom is -0.494 e. The minimum atomic E-state index is -0.696. The summed E-state index contributed by atoms with van der Waals surface area (Å²) in [7, 11) is 0. The maximum absolute atomic E-state index is 13.6. The number of ether oxygens (including phenoxy) is 1. The Balaban J connectivity index is 1.63. The van der Waals surface area contributed by atoms with E-state index in [9.17, 15) is 19.5 Å². The van der Waals surface area contributed by atoms with E-state index in [0.717, 1.165) is 12.2 Å². The molecule has 3 aliphatic heterocycles. The second kappa shape index (κ2) is 9.18. The summed E-state index contributed by atoms with van der Waals surface area (Å²) in [6.45, 7) is 8.17. The molecule has 0 saturated carbocycles. The van der Waals surface area contributed by atoms with E-state index in [-0.39, 0.29) is 48.1 Å². The van der Waals surface area contributed by atoms with Gasteiger partial charge in [-0.3, -0.25) is 14.4 Å². The molecule has 3 heterocycles. The standard InChI is InChI=1S/C24H33N3O5S/c1-5-32-16-8-6-15(7-9-16)26-21(29)18-17-12-14(4)24(33-17)19(18)23(31)27(10-11-28)20(24)22(30)25-13(2)3/h6-9,13-14,17-20,28H,5,10-12H2,1-4H3,(H,25,30)(H,26,29)/t14?,17-,18+,19-,20?,24?/m0/s1. The minimum absolute atomic E-state index is 0.0257. The van der Waals surface area contributed by atoms with Crippen molar-refractivity contribution >= 4 is 35.2 Å². The Morgan fingerprint density at radius 1 is 1.27 bits per heavy atom. The lowest BCUT2D eigenvalue weighted by atomic mass is 9.66. The summed E-state index contributed by atoms with van der Waals surface area (Å²) in [6.07, 6.45) is 0.772. The molecular formula is C24H33N3O5S. The van der Waals surface area contributed by atoms with Gasteiger partial charge in [-0.05, 0) is 57.4 Å². The third kappa shape index (κ3) is 3.89. The maximum Gasteiger partial charge on any atom is 0.244 e. The van der Waals surface area contributed by atoms with E-state index in [0.29, 0.717) is 12.3 Å². The summed E-state index contributed by atoms with van der Waals surface area (Å²) >= 11 is 1.62. The molecule has 0 aromatic heterocycles. The van der Waals surface area contributed by atoms with E-state index in [1.807, 2.05) is 20.8 Å². The van der Waals surface area contributed by atoms with Gasteiger partial charge < -0.3 is 25.4 Å². The molecule has 1 aromatic carbocycles. The van der Waals surface area contributed by atoms with Gasteiger partial charge in [-0.2, -0.15) is 0 Å². The van der Waals surface area contributed by atoms with Gasteiger partial charge in [0.05, 0.1) is 29.8 Å². The monoisotopic (exact) mass is 475 g/mol. The van der Waals surface area contributed by atoms with Crippen LogP contribution in [-0.4, -0.2) is 69.6 Å². The van der Waals surface area contributed by atoms with Crippen molar-refractivity contribution in [3.05, 3.63) is 24.3 Å². The van der Waals surface area contributed by atoms with Crippen LogP contribution < -0.4 is 15.4 Å². The lowest BCUT2D eigenvalue weighted by Gasteiger charge is -2.38. The first-order chi connectivity index (χ1) is 15.7. The van der Waals surface area contributed by atoms with Gasteiger partial charge in [0.1, 0.15) is 11.8 Å². The van der Waals surface area contributed by atoms with Crippen LogP contribution in [0.4, 0.5) is 5.69 Å². The first kappa shape index (κ1) is 23.9. The van der Waals surface area contributed by atoms with Crippen molar-refractivity contribution in [2.45, 2.75) is 56.2 Å². The number of anilines is 1. The van der Waals surface area contributed by atoms with Gasteiger partial charge in [0.15, 0.2) is 0 Å². The third-order valence-corrected chi connectivity index (χ3v) is 9.08. The number of thioether (sulfide) groups is 1. The number of rotatable bonds is 8. The summed E-state index contributed by atoms with van der Waals surface area (Å²) in [5.41, 5.74) is 0.644. The molecule has 8 nitrogen and oxygen atoms in total. The Labute approximate surface area is 198 Å². The van der Waals surface area contributed by atoms with E-state index < -0.39 is 22.6 Å². The van der Waals surface area contributed by atoms with Crippen LogP contribution in [0.3, 0.4) is 0 Å². The Hall–Kier alpha value is -2.26. The average molecular weight is 476 g/mol. The molecular weight excluding hydrogens is 442 g/mol. The van der Waals surface area contributed by atoms with Crippen molar-refractivity contribution in [2.75, 3.05) is 25.1 Å². The molecule has 2 bridgehead atoms. The largest absolute Gasteiger partial charge is 0.494 e. The molecule has 180 valence electrons. The van der Waals surface area contributed by atoms with Crippen molar-refractivity contribution in [2.24, 2.45) is 17.8 Å². The van der Waals surface area contributed by atoms with Gasteiger partial charge in [0, 0.05) is 23.5 Å².